The van der Waals surface area contributed by atoms with Crippen LogP contribution in [0.15, 0.2) is 30.5 Å². The Bertz CT molecular complexity index is 1220. The number of piperazine rings is 1. The third-order valence-corrected chi connectivity index (χ3v) is 5.76. The van der Waals surface area contributed by atoms with E-state index in [1.165, 1.54) is 18.2 Å². The molecule has 0 spiro atoms. The third-order valence-electron chi connectivity index (χ3n) is 5.76. The first-order chi connectivity index (χ1) is 14.0. The molecule has 0 aliphatic carbocycles. The van der Waals surface area contributed by atoms with Crippen LogP contribution in [0, 0.1) is 17.5 Å². The van der Waals surface area contributed by atoms with Crippen molar-refractivity contribution in [1.82, 2.24) is 14.9 Å². The summed E-state index contributed by atoms with van der Waals surface area (Å²) in [5, 5.41) is 4.47. The number of nitrogens with zero attached hydrogens (tertiary/aromatic N) is 3. The molecule has 29 heavy (non-hydrogen) atoms. The van der Waals surface area contributed by atoms with Crippen molar-refractivity contribution in [2.75, 3.05) is 24.5 Å². The van der Waals surface area contributed by atoms with E-state index in [1.54, 1.807) is 15.5 Å². The number of benzene rings is 2. The Morgan fingerprint density at radius 3 is 2.76 bits per heavy atom. The van der Waals surface area contributed by atoms with Gasteiger partial charge in [-0.2, -0.15) is 0 Å². The maximum absolute atomic E-state index is 15.7. The molecule has 2 aromatic rings. The third kappa shape index (κ3) is 2.75. The molecular formula is C22H21F3N4. The van der Waals surface area contributed by atoms with E-state index in [4.69, 9.17) is 0 Å². The highest BCUT2D eigenvalue weighted by Gasteiger charge is 2.27. The van der Waals surface area contributed by atoms with Gasteiger partial charge in [-0.05, 0) is 32.0 Å². The average Bonchev–Trinajstić information content (AvgIpc) is 3.05. The second-order valence-corrected chi connectivity index (χ2v) is 7.67. The highest BCUT2D eigenvalue weighted by Crippen LogP contribution is 2.40. The van der Waals surface area contributed by atoms with E-state index in [9.17, 15) is 4.39 Å². The van der Waals surface area contributed by atoms with Gasteiger partial charge in [-0.15, -0.1) is 0 Å². The summed E-state index contributed by atoms with van der Waals surface area (Å²) in [6.45, 7) is 6.17. The molecule has 3 aliphatic rings. The molecule has 1 saturated heterocycles. The van der Waals surface area contributed by atoms with Crippen LogP contribution in [0.5, 0.6) is 0 Å². The SMILES string of the molecule is CCn1cc2c3ccc(F)cc3nc-2c2cc(F)c(N3CCNC(C)C3)c(F)c21. The molecule has 1 fully saturated rings. The molecule has 150 valence electrons. The highest BCUT2D eigenvalue weighted by atomic mass is 19.1. The van der Waals surface area contributed by atoms with Crippen LogP contribution < -0.4 is 10.2 Å². The maximum Gasteiger partial charge on any atom is 0.173 e. The van der Waals surface area contributed by atoms with Gasteiger partial charge in [0.25, 0.3) is 0 Å². The number of rotatable bonds is 2. The number of pyridine rings is 1. The average molecular weight is 398 g/mol. The van der Waals surface area contributed by atoms with Crippen molar-refractivity contribution in [3.8, 4) is 11.3 Å². The van der Waals surface area contributed by atoms with Crippen LogP contribution in [0.1, 0.15) is 13.8 Å². The van der Waals surface area contributed by atoms with E-state index in [2.05, 4.69) is 10.3 Å². The Balaban J connectivity index is 1.83. The minimum atomic E-state index is -0.600. The van der Waals surface area contributed by atoms with Gasteiger partial charge in [0.1, 0.15) is 17.3 Å². The second-order valence-electron chi connectivity index (χ2n) is 7.67. The Morgan fingerprint density at radius 1 is 1.17 bits per heavy atom. The Hall–Kier alpha value is -2.80. The number of anilines is 1. The van der Waals surface area contributed by atoms with Gasteiger partial charge < -0.3 is 14.8 Å². The molecule has 0 bridgehead atoms. The first kappa shape index (κ1) is 18.2. The maximum atomic E-state index is 15.7. The summed E-state index contributed by atoms with van der Waals surface area (Å²) in [6.07, 6.45) is 1.83. The number of fused-ring (bicyclic) bond motifs is 5. The lowest BCUT2D eigenvalue weighted by Crippen LogP contribution is -2.49. The largest absolute Gasteiger partial charge is 0.364 e. The molecule has 3 heterocycles. The zero-order valence-corrected chi connectivity index (χ0v) is 16.3. The van der Waals surface area contributed by atoms with E-state index >= 15 is 8.78 Å². The molecule has 2 aromatic carbocycles. The van der Waals surface area contributed by atoms with Gasteiger partial charge in [0.2, 0.25) is 0 Å². The van der Waals surface area contributed by atoms with Crippen molar-refractivity contribution in [2.24, 2.45) is 0 Å². The highest BCUT2D eigenvalue weighted by molar-refractivity contribution is 6.07. The molecule has 1 atom stereocenters. The smallest absolute Gasteiger partial charge is 0.173 e. The van der Waals surface area contributed by atoms with Gasteiger partial charge in [-0.3, -0.25) is 0 Å². The van der Waals surface area contributed by atoms with Crippen LogP contribution in [0.3, 0.4) is 0 Å². The Morgan fingerprint density at radius 2 is 2.00 bits per heavy atom. The van der Waals surface area contributed by atoms with Gasteiger partial charge in [-0.1, -0.05) is 0 Å². The van der Waals surface area contributed by atoms with Crippen molar-refractivity contribution < 1.29 is 13.2 Å². The van der Waals surface area contributed by atoms with Crippen LogP contribution in [0.2, 0.25) is 0 Å². The molecule has 0 radical (unpaired) electrons. The predicted molar refractivity (Wildman–Crippen MR) is 109 cm³/mol. The van der Waals surface area contributed by atoms with Crippen LogP contribution in [0.25, 0.3) is 33.1 Å². The lowest BCUT2D eigenvalue weighted by atomic mass is 10.0. The number of aromatic nitrogens is 2. The zero-order chi connectivity index (χ0) is 20.3. The summed E-state index contributed by atoms with van der Waals surface area (Å²) in [7, 11) is 0. The summed E-state index contributed by atoms with van der Waals surface area (Å²) in [5.74, 6) is -1.56. The van der Waals surface area contributed by atoms with Crippen LogP contribution in [0.4, 0.5) is 18.9 Å². The number of hydrogen-bond donors (Lipinski definition) is 1. The first-order valence-corrected chi connectivity index (χ1v) is 9.86. The molecule has 7 heteroatoms. The monoisotopic (exact) mass is 398 g/mol. The summed E-state index contributed by atoms with van der Waals surface area (Å²) < 4.78 is 46.4. The summed E-state index contributed by atoms with van der Waals surface area (Å²) in [5.41, 5.74) is 2.07. The second kappa shape index (κ2) is 6.62. The summed E-state index contributed by atoms with van der Waals surface area (Å²) >= 11 is 0. The zero-order valence-electron chi connectivity index (χ0n) is 16.3. The normalized spacial score (nSPS) is 17.7. The molecule has 4 nitrogen and oxygen atoms in total. The lowest BCUT2D eigenvalue weighted by molar-refractivity contribution is 0.470. The number of hydrogen-bond acceptors (Lipinski definition) is 3. The van der Waals surface area contributed by atoms with E-state index in [0.29, 0.717) is 48.3 Å². The van der Waals surface area contributed by atoms with Gasteiger partial charge >= 0.3 is 0 Å². The van der Waals surface area contributed by atoms with Crippen molar-refractivity contribution in [3.05, 3.63) is 47.9 Å². The molecular weight excluding hydrogens is 377 g/mol. The molecule has 0 aromatic heterocycles. The fraction of sp³-hybridized carbons (Fsp3) is 0.318. The fourth-order valence-electron chi connectivity index (χ4n) is 4.42. The standard InChI is InChI=1S/C22H21F3N4/c1-3-28-11-16-14-5-4-13(23)8-18(14)27-20(16)15-9-17(24)22(19(25)21(15)28)29-7-6-26-12(2)10-29/h4-5,8-9,11-12,26H,3,6-7,10H2,1-2H3. The molecule has 5 rings (SSSR count). The molecule has 0 amide bonds. The number of halogens is 3. The predicted octanol–water partition coefficient (Wildman–Crippen LogP) is 4.53. The summed E-state index contributed by atoms with van der Waals surface area (Å²) in [4.78, 5) is 6.27. The first-order valence-electron chi connectivity index (χ1n) is 9.86. The van der Waals surface area contributed by atoms with Crippen LogP contribution in [-0.2, 0) is 6.54 Å². The molecule has 3 aliphatic heterocycles. The van der Waals surface area contributed by atoms with E-state index in [0.717, 1.165) is 10.9 Å². The van der Waals surface area contributed by atoms with Crippen LogP contribution in [-0.4, -0.2) is 35.2 Å². The van der Waals surface area contributed by atoms with E-state index in [-0.39, 0.29) is 17.5 Å². The lowest BCUT2D eigenvalue weighted by Gasteiger charge is -2.34. The number of nitrogens with one attached hydrogen (secondary N) is 1. The Kier molecular flexibility index (Phi) is 4.17. The van der Waals surface area contributed by atoms with Gasteiger partial charge in [0, 0.05) is 60.8 Å². The molecule has 0 saturated carbocycles. The van der Waals surface area contributed by atoms with E-state index in [1.807, 2.05) is 20.0 Å². The molecule has 1 N–H and O–H groups in total. The van der Waals surface area contributed by atoms with Crippen LogP contribution >= 0.6 is 0 Å². The summed E-state index contributed by atoms with van der Waals surface area (Å²) in [6, 6.07) is 5.91. The fourth-order valence-corrected chi connectivity index (χ4v) is 4.42. The minimum Gasteiger partial charge on any atom is -0.364 e. The van der Waals surface area contributed by atoms with E-state index < -0.39 is 11.6 Å². The quantitative estimate of drug-likeness (QED) is 0.539. The van der Waals surface area contributed by atoms with Crippen molar-refractivity contribution in [1.29, 1.82) is 0 Å². The minimum absolute atomic E-state index is 0.00885. The van der Waals surface area contributed by atoms with Gasteiger partial charge in [-0.25, -0.2) is 18.2 Å². The van der Waals surface area contributed by atoms with Gasteiger partial charge in [0.05, 0.1) is 16.7 Å². The molecule has 1 unspecified atom stereocenters. The van der Waals surface area contributed by atoms with Gasteiger partial charge in [0.15, 0.2) is 5.82 Å². The van der Waals surface area contributed by atoms with Crippen molar-refractivity contribution in [3.63, 3.8) is 0 Å². The topological polar surface area (TPSA) is 33.1 Å². The number of aryl methyl sites for hydroxylation is 1. The Labute approximate surface area is 166 Å². The van der Waals surface area contributed by atoms with Crippen molar-refractivity contribution >= 4 is 27.5 Å². The van der Waals surface area contributed by atoms with Crippen molar-refractivity contribution in [2.45, 2.75) is 26.4 Å².